The molecular weight excluding hydrogens is 342 g/mol. The van der Waals surface area contributed by atoms with Crippen LogP contribution in [0.4, 0.5) is 5.69 Å². The highest BCUT2D eigenvalue weighted by molar-refractivity contribution is 6.05. The molecular formula is C20H21N5O2. The second-order valence-corrected chi connectivity index (χ2v) is 6.99. The van der Waals surface area contributed by atoms with Crippen LogP contribution in [0.25, 0.3) is 0 Å². The number of amides is 2. The summed E-state index contributed by atoms with van der Waals surface area (Å²) < 4.78 is 1.92. The van der Waals surface area contributed by atoms with Crippen molar-refractivity contribution in [3.05, 3.63) is 47.0 Å². The summed E-state index contributed by atoms with van der Waals surface area (Å²) in [5.41, 5.74) is 2.17. The Hall–Kier alpha value is -3.14. The molecule has 0 spiro atoms. The molecule has 1 aromatic carbocycles. The number of hydrogen-bond donors (Lipinski definition) is 1. The van der Waals surface area contributed by atoms with Crippen LogP contribution in [0.1, 0.15) is 58.0 Å². The summed E-state index contributed by atoms with van der Waals surface area (Å²) in [5, 5.41) is 11.8. The van der Waals surface area contributed by atoms with Crippen LogP contribution in [-0.4, -0.2) is 39.4 Å². The quantitative estimate of drug-likeness (QED) is 0.907. The second-order valence-electron chi connectivity index (χ2n) is 6.99. The minimum atomic E-state index is -0.337. The first-order chi connectivity index (χ1) is 13.2. The Morgan fingerprint density at radius 2 is 1.89 bits per heavy atom. The molecule has 4 rings (SSSR count). The lowest BCUT2D eigenvalue weighted by Gasteiger charge is -2.19. The zero-order valence-electron chi connectivity index (χ0n) is 15.1. The van der Waals surface area contributed by atoms with Crippen molar-refractivity contribution in [2.45, 2.75) is 38.6 Å². The Labute approximate surface area is 157 Å². The maximum absolute atomic E-state index is 12.9. The third-order valence-corrected chi connectivity index (χ3v) is 5.17. The highest BCUT2D eigenvalue weighted by atomic mass is 16.2. The molecule has 2 aliphatic heterocycles. The van der Waals surface area contributed by atoms with Crippen molar-refractivity contribution in [1.29, 1.82) is 5.26 Å². The molecule has 2 amide bonds. The van der Waals surface area contributed by atoms with Gasteiger partial charge in [0.1, 0.15) is 0 Å². The van der Waals surface area contributed by atoms with E-state index in [2.05, 4.69) is 16.4 Å². The van der Waals surface area contributed by atoms with Gasteiger partial charge in [0.2, 0.25) is 0 Å². The molecule has 1 saturated heterocycles. The lowest BCUT2D eigenvalue weighted by molar-refractivity contribution is 0.0774. The smallest absolute Gasteiger partial charge is 0.289 e. The minimum absolute atomic E-state index is 0.0822. The van der Waals surface area contributed by atoms with Crippen LogP contribution < -0.4 is 5.32 Å². The normalized spacial score (nSPS) is 15.9. The lowest BCUT2D eigenvalue weighted by Crippen LogP contribution is -2.31. The van der Waals surface area contributed by atoms with E-state index in [9.17, 15) is 9.59 Å². The number of nitrogens with one attached hydrogen (secondary N) is 1. The standard InChI is InChI=1S/C20H21N5O2/c21-13-14-6-5-7-15(12-14)22-19(26)17-16-8-1-2-11-25(16)18(23-17)20(27)24-9-3-4-10-24/h5-7,12H,1-4,8-11H2,(H,22,26). The van der Waals surface area contributed by atoms with Crippen molar-refractivity contribution in [2.24, 2.45) is 0 Å². The summed E-state index contributed by atoms with van der Waals surface area (Å²) in [7, 11) is 0. The molecule has 3 heterocycles. The maximum Gasteiger partial charge on any atom is 0.289 e. The largest absolute Gasteiger partial charge is 0.336 e. The van der Waals surface area contributed by atoms with Crippen molar-refractivity contribution in [1.82, 2.24) is 14.5 Å². The second kappa shape index (κ2) is 7.23. The monoisotopic (exact) mass is 363 g/mol. The molecule has 0 bridgehead atoms. The van der Waals surface area contributed by atoms with Gasteiger partial charge in [-0.15, -0.1) is 0 Å². The van der Waals surface area contributed by atoms with Gasteiger partial charge in [-0.3, -0.25) is 9.59 Å². The average Bonchev–Trinajstić information content (AvgIpc) is 3.36. The van der Waals surface area contributed by atoms with E-state index in [1.807, 2.05) is 9.47 Å². The SMILES string of the molecule is N#Cc1cccc(NC(=O)c2nc(C(=O)N3CCCC3)n3c2CCCC3)c1. The van der Waals surface area contributed by atoms with E-state index in [0.29, 0.717) is 29.3 Å². The van der Waals surface area contributed by atoms with Crippen LogP contribution in [0.3, 0.4) is 0 Å². The molecule has 0 atom stereocenters. The number of fused-ring (bicyclic) bond motifs is 1. The lowest BCUT2D eigenvalue weighted by atomic mass is 10.1. The summed E-state index contributed by atoms with van der Waals surface area (Å²) in [5.74, 6) is -0.0417. The zero-order chi connectivity index (χ0) is 18.8. The van der Waals surface area contributed by atoms with Crippen molar-refractivity contribution >= 4 is 17.5 Å². The molecule has 27 heavy (non-hydrogen) atoms. The van der Waals surface area contributed by atoms with E-state index in [1.54, 1.807) is 24.3 Å². The van der Waals surface area contributed by atoms with Crippen LogP contribution in [0, 0.1) is 11.3 Å². The molecule has 1 N–H and O–H groups in total. The fourth-order valence-corrected chi connectivity index (χ4v) is 3.81. The van der Waals surface area contributed by atoms with E-state index in [-0.39, 0.29) is 11.8 Å². The number of nitrogens with zero attached hydrogens (tertiary/aromatic N) is 4. The fourth-order valence-electron chi connectivity index (χ4n) is 3.81. The molecule has 138 valence electrons. The molecule has 0 saturated carbocycles. The van der Waals surface area contributed by atoms with Crippen LogP contribution >= 0.6 is 0 Å². The van der Waals surface area contributed by atoms with Crippen LogP contribution in [-0.2, 0) is 13.0 Å². The average molecular weight is 363 g/mol. The first kappa shape index (κ1) is 17.3. The zero-order valence-corrected chi connectivity index (χ0v) is 15.1. The van der Waals surface area contributed by atoms with Gasteiger partial charge in [0.25, 0.3) is 11.8 Å². The molecule has 2 aromatic rings. The minimum Gasteiger partial charge on any atom is -0.336 e. The maximum atomic E-state index is 12.9. The number of benzene rings is 1. The molecule has 0 radical (unpaired) electrons. The van der Waals surface area contributed by atoms with Gasteiger partial charge in [0.15, 0.2) is 11.5 Å². The number of anilines is 1. The number of hydrogen-bond acceptors (Lipinski definition) is 4. The van der Waals surface area contributed by atoms with E-state index >= 15 is 0 Å². The molecule has 2 aliphatic rings. The van der Waals surface area contributed by atoms with E-state index in [4.69, 9.17) is 5.26 Å². The Balaban J connectivity index is 1.64. The highest BCUT2D eigenvalue weighted by Gasteiger charge is 2.30. The van der Waals surface area contributed by atoms with Gasteiger partial charge >= 0.3 is 0 Å². The number of carbonyl (C=O) groups is 2. The van der Waals surface area contributed by atoms with Gasteiger partial charge in [-0.05, 0) is 50.3 Å². The van der Waals surface area contributed by atoms with Gasteiger partial charge in [-0.25, -0.2) is 4.98 Å². The Kier molecular flexibility index (Phi) is 4.63. The number of imidazole rings is 1. The molecule has 0 unspecified atom stereocenters. The van der Waals surface area contributed by atoms with Gasteiger partial charge in [-0.2, -0.15) is 5.26 Å². The molecule has 7 nitrogen and oxygen atoms in total. The van der Waals surface area contributed by atoms with E-state index < -0.39 is 0 Å². The first-order valence-electron chi connectivity index (χ1n) is 9.37. The number of aromatic nitrogens is 2. The van der Waals surface area contributed by atoms with Gasteiger partial charge in [0.05, 0.1) is 17.3 Å². The summed E-state index contributed by atoms with van der Waals surface area (Å²) in [6, 6.07) is 8.82. The van der Waals surface area contributed by atoms with Crippen molar-refractivity contribution in [2.75, 3.05) is 18.4 Å². The fraction of sp³-hybridized carbons (Fsp3) is 0.400. The Bertz CT molecular complexity index is 934. The summed E-state index contributed by atoms with van der Waals surface area (Å²) >= 11 is 0. The molecule has 0 aliphatic carbocycles. The molecule has 7 heteroatoms. The Morgan fingerprint density at radius 3 is 2.67 bits per heavy atom. The highest BCUT2D eigenvalue weighted by Crippen LogP contribution is 2.24. The van der Waals surface area contributed by atoms with Crippen molar-refractivity contribution < 1.29 is 9.59 Å². The summed E-state index contributed by atoms with van der Waals surface area (Å²) in [4.78, 5) is 32.0. The third kappa shape index (κ3) is 3.31. The van der Waals surface area contributed by atoms with Crippen LogP contribution in [0.15, 0.2) is 24.3 Å². The molecule has 1 fully saturated rings. The summed E-state index contributed by atoms with van der Waals surface area (Å²) in [6.07, 6.45) is 4.73. The van der Waals surface area contributed by atoms with Crippen LogP contribution in [0.5, 0.6) is 0 Å². The van der Waals surface area contributed by atoms with E-state index in [1.165, 1.54) is 0 Å². The van der Waals surface area contributed by atoms with E-state index in [0.717, 1.165) is 50.9 Å². The van der Waals surface area contributed by atoms with Gasteiger partial charge in [0, 0.05) is 25.3 Å². The number of likely N-dealkylation sites (tertiary alicyclic amines) is 1. The number of nitriles is 1. The topological polar surface area (TPSA) is 91.0 Å². The van der Waals surface area contributed by atoms with Gasteiger partial charge < -0.3 is 14.8 Å². The van der Waals surface area contributed by atoms with Crippen molar-refractivity contribution in [3.8, 4) is 6.07 Å². The summed E-state index contributed by atoms with van der Waals surface area (Å²) in [6.45, 7) is 2.22. The molecule has 1 aromatic heterocycles. The van der Waals surface area contributed by atoms with Crippen molar-refractivity contribution in [3.63, 3.8) is 0 Å². The van der Waals surface area contributed by atoms with Crippen LogP contribution in [0.2, 0.25) is 0 Å². The Morgan fingerprint density at radius 1 is 1.11 bits per heavy atom. The number of carbonyl (C=O) groups excluding carboxylic acids is 2. The first-order valence-corrected chi connectivity index (χ1v) is 9.37. The van der Waals surface area contributed by atoms with Gasteiger partial charge in [-0.1, -0.05) is 6.07 Å². The third-order valence-electron chi connectivity index (χ3n) is 5.17. The predicted molar refractivity (Wildman–Crippen MR) is 99.4 cm³/mol. The number of rotatable bonds is 3. The predicted octanol–water partition coefficient (Wildman–Crippen LogP) is 2.58.